The molecule has 0 aliphatic carbocycles. The highest BCUT2D eigenvalue weighted by Crippen LogP contribution is 1.94. The molecule has 1 aromatic heterocycles. The van der Waals surface area contributed by atoms with Crippen LogP contribution in [0.1, 0.15) is 12.5 Å². The normalized spacial score (nSPS) is 12.2. The lowest BCUT2D eigenvalue weighted by atomic mass is 10.2. The predicted molar refractivity (Wildman–Crippen MR) is 49.7 cm³/mol. The summed E-state index contributed by atoms with van der Waals surface area (Å²) in [6.07, 6.45) is 3.38. The quantitative estimate of drug-likeness (QED) is 0.688. The van der Waals surface area contributed by atoms with Gasteiger partial charge in [-0.25, -0.2) is 0 Å². The Kier molecular flexibility index (Phi) is 3.40. The van der Waals surface area contributed by atoms with Gasteiger partial charge in [0.1, 0.15) is 0 Å². The van der Waals surface area contributed by atoms with Gasteiger partial charge in [-0.1, -0.05) is 0 Å². The molecule has 0 spiro atoms. The number of aromatic nitrogens is 1. The fourth-order valence-corrected chi connectivity index (χ4v) is 0.851. The Morgan fingerprint density at radius 3 is 2.77 bits per heavy atom. The third-order valence-corrected chi connectivity index (χ3v) is 1.63. The van der Waals surface area contributed by atoms with Gasteiger partial charge in [-0.3, -0.25) is 9.78 Å². The van der Waals surface area contributed by atoms with Crippen LogP contribution in [-0.4, -0.2) is 16.9 Å². The van der Waals surface area contributed by atoms with Gasteiger partial charge in [-0.15, -0.1) is 0 Å². The maximum atomic E-state index is 11.1. The molecule has 0 aliphatic rings. The number of hydrogen-bond acceptors (Lipinski definition) is 3. The van der Waals surface area contributed by atoms with E-state index in [2.05, 4.69) is 10.3 Å². The van der Waals surface area contributed by atoms with E-state index in [1.807, 2.05) is 12.1 Å². The molecule has 0 saturated heterocycles. The number of nitrogens with zero attached hydrogens (tertiary/aromatic N) is 1. The molecular formula is C9H13N3O. The maximum Gasteiger partial charge on any atom is 0.236 e. The summed E-state index contributed by atoms with van der Waals surface area (Å²) in [5.41, 5.74) is 6.39. The number of pyridine rings is 1. The number of rotatable bonds is 3. The molecule has 4 nitrogen and oxygen atoms in total. The van der Waals surface area contributed by atoms with E-state index in [-0.39, 0.29) is 5.91 Å². The molecule has 70 valence electrons. The van der Waals surface area contributed by atoms with Gasteiger partial charge < -0.3 is 11.1 Å². The molecule has 13 heavy (non-hydrogen) atoms. The minimum Gasteiger partial charge on any atom is -0.351 e. The lowest BCUT2D eigenvalue weighted by Crippen LogP contribution is -2.37. The van der Waals surface area contributed by atoms with Gasteiger partial charge >= 0.3 is 0 Å². The second-order valence-corrected chi connectivity index (χ2v) is 2.86. The summed E-state index contributed by atoms with van der Waals surface area (Å²) in [6.45, 7) is 2.16. The van der Waals surface area contributed by atoms with Crippen LogP contribution in [0.2, 0.25) is 0 Å². The first kappa shape index (κ1) is 9.67. The standard InChI is InChI=1S/C9H13N3O/c1-7(10)9(13)12-6-8-2-4-11-5-3-8/h2-5,7H,6,10H2,1H3,(H,12,13)/t7-/m0/s1. The van der Waals surface area contributed by atoms with E-state index in [9.17, 15) is 4.79 Å². The third-order valence-electron chi connectivity index (χ3n) is 1.63. The molecule has 1 amide bonds. The number of carbonyl (C=O) groups is 1. The monoisotopic (exact) mass is 179 g/mol. The largest absolute Gasteiger partial charge is 0.351 e. The van der Waals surface area contributed by atoms with E-state index in [0.717, 1.165) is 5.56 Å². The third kappa shape index (κ3) is 3.21. The van der Waals surface area contributed by atoms with Crippen LogP contribution in [0.15, 0.2) is 24.5 Å². The first-order valence-electron chi connectivity index (χ1n) is 4.12. The van der Waals surface area contributed by atoms with Gasteiger partial charge in [-0.2, -0.15) is 0 Å². The zero-order chi connectivity index (χ0) is 9.68. The topological polar surface area (TPSA) is 68.0 Å². The number of nitrogens with two attached hydrogens (primary N) is 1. The van der Waals surface area contributed by atoms with Crippen molar-refractivity contribution in [2.75, 3.05) is 0 Å². The fraction of sp³-hybridized carbons (Fsp3) is 0.333. The Balaban J connectivity index is 2.40. The van der Waals surface area contributed by atoms with Crippen molar-refractivity contribution in [2.24, 2.45) is 5.73 Å². The molecule has 4 heteroatoms. The van der Waals surface area contributed by atoms with E-state index in [1.165, 1.54) is 0 Å². The van der Waals surface area contributed by atoms with Gasteiger partial charge in [0.15, 0.2) is 0 Å². The van der Waals surface area contributed by atoms with Gasteiger partial charge in [0.05, 0.1) is 6.04 Å². The minimum atomic E-state index is -0.457. The Labute approximate surface area is 77.2 Å². The summed E-state index contributed by atoms with van der Waals surface area (Å²) >= 11 is 0. The Bertz CT molecular complexity index is 271. The van der Waals surface area contributed by atoms with Crippen molar-refractivity contribution in [3.05, 3.63) is 30.1 Å². The zero-order valence-electron chi connectivity index (χ0n) is 7.53. The fourth-order valence-electron chi connectivity index (χ4n) is 0.851. The summed E-state index contributed by atoms with van der Waals surface area (Å²) in [5, 5.41) is 2.71. The van der Waals surface area contributed by atoms with E-state index in [0.29, 0.717) is 6.54 Å². The van der Waals surface area contributed by atoms with Gasteiger partial charge in [0.2, 0.25) is 5.91 Å². The van der Waals surface area contributed by atoms with Crippen LogP contribution < -0.4 is 11.1 Å². The van der Waals surface area contributed by atoms with Crippen LogP contribution in [0, 0.1) is 0 Å². The lowest BCUT2D eigenvalue weighted by molar-refractivity contribution is -0.122. The Morgan fingerprint density at radius 2 is 2.23 bits per heavy atom. The maximum absolute atomic E-state index is 11.1. The molecule has 0 fully saturated rings. The Hall–Kier alpha value is -1.42. The second kappa shape index (κ2) is 4.57. The van der Waals surface area contributed by atoms with Crippen LogP contribution >= 0.6 is 0 Å². The number of hydrogen-bond donors (Lipinski definition) is 2. The minimum absolute atomic E-state index is 0.142. The van der Waals surface area contributed by atoms with Crippen LogP contribution in [0.3, 0.4) is 0 Å². The van der Waals surface area contributed by atoms with Crippen molar-refractivity contribution < 1.29 is 4.79 Å². The number of amides is 1. The summed E-state index contributed by atoms with van der Waals surface area (Å²) in [5.74, 6) is -0.142. The molecule has 1 rings (SSSR count). The highest BCUT2D eigenvalue weighted by Gasteiger charge is 2.05. The van der Waals surface area contributed by atoms with Crippen molar-refractivity contribution in [1.29, 1.82) is 0 Å². The summed E-state index contributed by atoms with van der Waals surface area (Å²) < 4.78 is 0. The second-order valence-electron chi connectivity index (χ2n) is 2.86. The molecule has 1 heterocycles. The Morgan fingerprint density at radius 1 is 1.62 bits per heavy atom. The molecule has 3 N–H and O–H groups in total. The van der Waals surface area contributed by atoms with E-state index in [4.69, 9.17) is 5.73 Å². The van der Waals surface area contributed by atoms with E-state index in [1.54, 1.807) is 19.3 Å². The van der Waals surface area contributed by atoms with Crippen molar-refractivity contribution in [3.63, 3.8) is 0 Å². The summed E-state index contributed by atoms with van der Waals surface area (Å²) in [7, 11) is 0. The van der Waals surface area contributed by atoms with Crippen molar-refractivity contribution in [3.8, 4) is 0 Å². The van der Waals surface area contributed by atoms with Gasteiger partial charge in [0.25, 0.3) is 0 Å². The smallest absolute Gasteiger partial charge is 0.236 e. The van der Waals surface area contributed by atoms with Crippen LogP contribution in [-0.2, 0) is 11.3 Å². The molecule has 0 aromatic carbocycles. The van der Waals surface area contributed by atoms with E-state index < -0.39 is 6.04 Å². The molecule has 0 bridgehead atoms. The predicted octanol–water partition coefficient (Wildman–Crippen LogP) is 0.0450. The number of carbonyl (C=O) groups excluding carboxylic acids is 1. The first-order valence-corrected chi connectivity index (χ1v) is 4.12. The SMILES string of the molecule is C[C@H](N)C(=O)NCc1ccncc1. The molecule has 0 aliphatic heterocycles. The zero-order valence-corrected chi connectivity index (χ0v) is 7.53. The highest BCUT2D eigenvalue weighted by molar-refractivity contribution is 5.80. The van der Waals surface area contributed by atoms with Crippen molar-refractivity contribution >= 4 is 5.91 Å². The summed E-state index contributed by atoms with van der Waals surface area (Å²) in [4.78, 5) is 14.9. The molecular weight excluding hydrogens is 166 g/mol. The lowest BCUT2D eigenvalue weighted by Gasteiger charge is -2.06. The molecule has 1 atom stereocenters. The van der Waals surface area contributed by atoms with Crippen LogP contribution in [0.25, 0.3) is 0 Å². The average molecular weight is 179 g/mol. The van der Waals surface area contributed by atoms with Crippen molar-refractivity contribution in [2.45, 2.75) is 19.5 Å². The first-order chi connectivity index (χ1) is 6.20. The molecule has 0 radical (unpaired) electrons. The average Bonchev–Trinajstić information content (AvgIpc) is 2.15. The van der Waals surface area contributed by atoms with Crippen molar-refractivity contribution in [1.82, 2.24) is 10.3 Å². The van der Waals surface area contributed by atoms with E-state index >= 15 is 0 Å². The summed E-state index contributed by atoms with van der Waals surface area (Å²) in [6, 6.07) is 3.24. The van der Waals surface area contributed by atoms with Gasteiger partial charge in [-0.05, 0) is 24.6 Å². The van der Waals surface area contributed by atoms with Crippen LogP contribution in [0.5, 0.6) is 0 Å². The molecule has 0 unspecified atom stereocenters. The van der Waals surface area contributed by atoms with Crippen LogP contribution in [0.4, 0.5) is 0 Å². The van der Waals surface area contributed by atoms with Gasteiger partial charge in [0, 0.05) is 18.9 Å². The highest BCUT2D eigenvalue weighted by atomic mass is 16.2. The molecule has 1 aromatic rings. The number of nitrogens with one attached hydrogen (secondary N) is 1. The molecule has 0 saturated carbocycles.